The number of nitrogens with zero attached hydrogens (tertiary/aromatic N) is 3. The first-order valence-corrected chi connectivity index (χ1v) is 6.11. The van der Waals surface area contributed by atoms with Crippen LogP contribution in [0.4, 0.5) is 0 Å². The van der Waals surface area contributed by atoms with Gasteiger partial charge in [-0.15, -0.1) is 0 Å². The van der Waals surface area contributed by atoms with E-state index in [1.54, 1.807) is 0 Å². The maximum Gasteiger partial charge on any atom is 0.116 e. The van der Waals surface area contributed by atoms with Crippen LogP contribution >= 0.6 is 0 Å². The summed E-state index contributed by atoms with van der Waals surface area (Å²) in [6.07, 6.45) is 4.72. The molecule has 0 saturated carbocycles. The molecule has 0 radical (unpaired) electrons. The van der Waals surface area contributed by atoms with Gasteiger partial charge in [0.1, 0.15) is 11.3 Å². The second kappa shape index (κ2) is 4.45. The van der Waals surface area contributed by atoms with Crippen LogP contribution in [0.5, 0.6) is 0 Å². The lowest BCUT2D eigenvalue weighted by molar-refractivity contribution is 0.469. The summed E-state index contributed by atoms with van der Waals surface area (Å²) in [4.78, 5) is 8.82. The number of imidazole rings is 1. The Balaban J connectivity index is 2.65. The molecule has 0 aliphatic heterocycles. The van der Waals surface area contributed by atoms with Gasteiger partial charge in [-0.05, 0) is 12.5 Å². The van der Waals surface area contributed by atoms with Crippen molar-refractivity contribution in [3.05, 3.63) is 24.3 Å². The molecule has 0 spiro atoms. The first-order valence-electron chi connectivity index (χ1n) is 6.11. The summed E-state index contributed by atoms with van der Waals surface area (Å²) in [5, 5.41) is 0. The summed E-state index contributed by atoms with van der Waals surface area (Å²) in [6.45, 7) is 8.00. The monoisotopic (exact) mass is 232 g/mol. The molecule has 0 aromatic carbocycles. The van der Waals surface area contributed by atoms with Crippen LogP contribution in [0.3, 0.4) is 0 Å². The second-order valence-electron chi connectivity index (χ2n) is 5.04. The zero-order valence-corrected chi connectivity index (χ0v) is 10.8. The van der Waals surface area contributed by atoms with Crippen LogP contribution in [0.2, 0.25) is 0 Å². The predicted molar refractivity (Wildman–Crippen MR) is 69.9 cm³/mol. The molecule has 4 heteroatoms. The van der Waals surface area contributed by atoms with Crippen LogP contribution in [0.15, 0.2) is 18.5 Å². The number of aromatic nitrogens is 3. The van der Waals surface area contributed by atoms with E-state index >= 15 is 0 Å². The third kappa shape index (κ3) is 2.05. The molecule has 0 saturated heterocycles. The van der Waals surface area contributed by atoms with Crippen molar-refractivity contribution in [2.24, 2.45) is 5.73 Å². The number of rotatable bonds is 4. The van der Waals surface area contributed by atoms with Crippen molar-refractivity contribution < 1.29 is 0 Å². The zero-order valence-electron chi connectivity index (χ0n) is 10.8. The van der Waals surface area contributed by atoms with Gasteiger partial charge in [0.25, 0.3) is 0 Å². The van der Waals surface area contributed by atoms with Crippen molar-refractivity contribution in [1.82, 2.24) is 14.5 Å². The van der Waals surface area contributed by atoms with E-state index < -0.39 is 0 Å². The minimum atomic E-state index is -0.103. The lowest BCUT2D eigenvalue weighted by Crippen LogP contribution is -2.31. The van der Waals surface area contributed by atoms with E-state index in [4.69, 9.17) is 10.7 Å². The van der Waals surface area contributed by atoms with Crippen LogP contribution in [0.25, 0.3) is 11.0 Å². The second-order valence-corrected chi connectivity index (χ2v) is 5.04. The molecule has 92 valence electrons. The number of fused-ring (bicyclic) bond motifs is 1. The van der Waals surface area contributed by atoms with Gasteiger partial charge in [-0.2, -0.15) is 0 Å². The Kier molecular flexibility index (Phi) is 3.15. The number of nitrogens with two attached hydrogens (primary N) is 1. The van der Waals surface area contributed by atoms with Gasteiger partial charge in [0, 0.05) is 24.7 Å². The zero-order chi connectivity index (χ0) is 12.5. The van der Waals surface area contributed by atoms with Gasteiger partial charge in [-0.25, -0.2) is 4.98 Å². The Morgan fingerprint density at radius 2 is 2.18 bits per heavy atom. The topological polar surface area (TPSA) is 56.7 Å². The Labute approximate surface area is 102 Å². The van der Waals surface area contributed by atoms with Crippen molar-refractivity contribution in [3.8, 4) is 0 Å². The summed E-state index contributed by atoms with van der Waals surface area (Å²) >= 11 is 0. The molecular formula is C13H20N4. The van der Waals surface area contributed by atoms with Gasteiger partial charge in [0.15, 0.2) is 0 Å². The molecule has 2 rings (SSSR count). The highest BCUT2D eigenvalue weighted by atomic mass is 15.1. The summed E-state index contributed by atoms with van der Waals surface area (Å²) in [7, 11) is 0. The standard InChI is InChI=1S/C13H20N4/c1-4-7-17-11-5-6-15-8-10(11)16-12(17)13(2,3)9-14/h5-6,8H,4,7,9,14H2,1-3H3. The van der Waals surface area contributed by atoms with Gasteiger partial charge >= 0.3 is 0 Å². The number of hydrogen-bond acceptors (Lipinski definition) is 3. The molecule has 0 aliphatic rings. The fourth-order valence-electron chi connectivity index (χ4n) is 2.04. The van der Waals surface area contributed by atoms with Gasteiger partial charge in [-0.1, -0.05) is 20.8 Å². The normalized spacial score (nSPS) is 12.2. The maximum absolute atomic E-state index is 5.86. The van der Waals surface area contributed by atoms with Gasteiger partial charge in [0.05, 0.1) is 11.7 Å². The van der Waals surface area contributed by atoms with Crippen LogP contribution in [-0.2, 0) is 12.0 Å². The average molecular weight is 232 g/mol. The fourth-order valence-corrected chi connectivity index (χ4v) is 2.04. The molecule has 2 aromatic rings. The SMILES string of the molecule is CCCn1c(C(C)(C)CN)nc2cnccc21. The van der Waals surface area contributed by atoms with E-state index in [1.165, 1.54) is 0 Å². The summed E-state index contributed by atoms with van der Waals surface area (Å²) in [5.41, 5.74) is 7.86. The van der Waals surface area contributed by atoms with E-state index in [2.05, 4.69) is 30.3 Å². The van der Waals surface area contributed by atoms with Crippen molar-refractivity contribution in [3.63, 3.8) is 0 Å². The summed E-state index contributed by atoms with van der Waals surface area (Å²) in [5.74, 6) is 1.06. The minimum absolute atomic E-state index is 0.103. The highest BCUT2D eigenvalue weighted by Gasteiger charge is 2.25. The van der Waals surface area contributed by atoms with Crippen LogP contribution < -0.4 is 5.73 Å². The summed E-state index contributed by atoms with van der Waals surface area (Å²) < 4.78 is 2.27. The lowest BCUT2D eigenvalue weighted by atomic mass is 9.92. The molecule has 2 heterocycles. The van der Waals surface area contributed by atoms with Crippen molar-refractivity contribution in [2.45, 2.75) is 39.2 Å². The fraction of sp³-hybridized carbons (Fsp3) is 0.538. The largest absolute Gasteiger partial charge is 0.329 e. The summed E-state index contributed by atoms with van der Waals surface area (Å²) in [6, 6.07) is 2.02. The van der Waals surface area contributed by atoms with Gasteiger partial charge in [0.2, 0.25) is 0 Å². The molecule has 0 amide bonds. The Morgan fingerprint density at radius 1 is 1.41 bits per heavy atom. The van der Waals surface area contributed by atoms with E-state index in [-0.39, 0.29) is 5.41 Å². The molecule has 2 N–H and O–H groups in total. The van der Waals surface area contributed by atoms with Crippen molar-refractivity contribution in [1.29, 1.82) is 0 Å². The highest BCUT2D eigenvalue weighted by Crippen LogP contribution is 2.25. The molecule has 0 atom stereocenters. The predicted octanol–water partition coefficient (Wildman–Crippen LogP) is 2.08. The van der Waals surface area contributed by atoms with E-state index in [1.807, 2.05) is 18.5 Å². The molecule has 0 unspecified atom stereocenters. The highest BCUT2D eigenvalue weighted by molar-refractivity contribution is 5.75. The molecule has 0 fully saturated rings. The van der Waals surface area contributed by atoms with Crippen LogP contribution in [0, 0.1) is 0 Å². The number of hydrogen-bond donors (Lipinski definition) is 1. The Hall–Kier alpha value is -1.42. The van der Waals surface area contributed by atoms with Crippen molar-refractivity contribution >= 4 is 11.0 Å². The third-order valence-corrected chi connectivity index (χ3v) is 3.11. The average Bonchev–Trinajstić information content (AvgIpc) is 2.70. The van der Waals surface area contributed by atoms with Crippen LogP contribution in [-0.4, -0.2) is 21.1 Å². The molecule has 0 bridgehead atoms. The van der Waals surface area contributed by atoms with Crippen molar-refractivity contribution in [2.75, 3.05) is 6.54 Å². The van der Waals surface area contributed by atoms with E-state index in [0.29, 0.717) is 6.54 Å². The smallest absolute Gasteiger partial charge is 0.116 e. The molecule has 2 aromatic heterocycles. The van der Waals surface area contributed by atoms with Crippen LogP contribution in [0.1, 0.15) is 33.0 Å². The third-order valence-electron chi connectivity index (χ3n) is 3.11. The molecule has 4 nitrogen and oxygen atoms in total. The number of aryl methyl sites for hydroxylation is 1. The first-order chi connectivity index (χ1) is 8.10. The van der Waals surface area contributed by atoms with E-state index in [0.717, 1.165) is 29.8 Å². The van der Waals surface area contributed by atoms with Gasteiger partial charge in [-0.3, -0.25) is 4.98 Å². The molecular weight excluding hydrogens is 212 g/mol. The Bertz CT molecular complexity index is 513. The first kappa shape index (κ1) is 12.0. The molecule has 0 aliphatic carbocycles. The quantitative estimate of drug-likeness (QED) is 0.878. The Morgan fingerprint density at radius 3 is 2.82 bits per heavy atom. The maximum atomic E-state index is 5.86. The minimum Gasteiger partial charge on any atom is -0.329 e. The van der Waals surface area contributed by atoms with E-state index in [9.17, 15) is 0 Å². The lowest BCUT2D eigenvalue weighted by Gasteiger charge is -2.23. The van der Waals surface area contributed by atoms with Gasteiger partial charge < -0.3 is 10.3 Å². The number of pyridine rings is 1. The molecule has 17 heavy (non-hydrogen) atoms.